The quantitative estimate of drug-likeness (QED) is 0.570. The molecule has 0 aliphatic rings. The van der Waals surface area contributed by atoms with Crippen molar-refractivity contribution in [3.05, 3.63) is 0 Å². The van der Waals surface area contributed by atoms with Crippen molar-refractivity contribution >= 4 is 17.9 Å². The first-order valence-corrected chi connectivity index (χ1v) is 6.71. The lowest BCUT2D eigenvalue weighted by molar-refractivity contribution is -0.177. The molecule has 0 saturated carbocycles. The van der Waals surface area contributed by atoms with Crippen LogP contribution >= 0.6 is 0 Å². The van der Waals surface area contributed by atoms with Gasteiger partial charge in [-0.1, -0.05) is 13.3 Å². The van der Waals surface area contributed by atoms with Crippen LogP contribution in [0.1, 0.15) is 53.9 Å². The Morgan fingerprint density at radius 3 is 2.00 bits per heavy atom. The fraction of sp³-hybridized carbons (Fsp3) is 0.786. The maximum absolute atomic E-state index is 12.0. The number of aliphatic carboxylic acids is 1. The third-order valence-corrected chi connectivity index (χ3v) is 2.62. The molecule has 1 N–H and O–H groups in total. The molecule has 0 bridgehead atoms. The maximum Gasteiger partial charge on any atom is 0.324 e. The van der Waals surface area contributed by atoms with Crippen LogP contribution in [0.25, 0.3) is 0 Å². The van der Waals surface area contributed by atoms with E-state index in [-0.39, 0.29) is 13.0 Å². The maximum atomic E-state index is 12.0. The fourth-order valence-electron chi connectivity index (χ4n) is 1.85. The van der Waals surface area contributed by atoms with E-state index in [0.29, 0.717) is 6.42 Å². The number of carbonyl (C=O) groups is 3. The number of hydrogen-bond acceptors (Lipinski definition) is 5. The minimum absolute atomic E-state index is 0.0282. The van der Waals surface area contributed by atoms with Crippen molar-refractivity contribution in [3.63, 3.8) is 0 Å². The van der Waals surface area contributed by atoms with E-state index in [9.17, 15) is 19.5 Å². The van der Waals surface area contributed by atoms with Crippen LogP contribution in [0.2, 0.25) is 0 Å². The summed E-state index contributed by atoms with van der Waals surface area (Å²) in [6, 6.07) is 0. The van der Waals surface area contributed by atoms with Crippen LogP contribution in [0.5, 0.6) is 0 Å². The van der Waals surface area contributed by atoms with E-state index < -0.39 is 35.3 Å². The van der Waals surface area contributed by atoms with E-state index in [2.05, 4.69) is 0 Å². The zero-order valence-electron chi connectivity index (χ0n) is 12.8. The molecule has 20 heavy (non-hydrogen) atoms. The first-order chi connectivity index (χ1) is 9.09. The molecule has 6 nitrogen and oxygen atoms in total. The van der Waals surface area contributed by atoms with Crippen LogP contribution < -0.4 is 0 Å². The lowest BCUT2D eigenvalue weighted by Crippen LogP contribution is -2.43. The molecule has 1 unspecified atom stereocenters. The first kappa shape index (κ1) is 18.4. The number of hydrogen-bond donors (Lipinski definition) is 1. The molecule has 0 aromatic rings. The normalized spacial score (nSPS) is 14.2. The Bertz CT molecular complexity index is 368. The summed E-state index contributed by atoms with van der Waals surface area (Å²) in [4.78, 5) is 35.4. The van der Waals surface area contributed by atoms with Gasteiger partial charge in [-0.2, -0.15) is 0 Å². The van der Waals surface area contributed by atoms with Crippen molar-refractivity contribution in [2.24, 2.45) is 5.41 Å². The van der Waals surface area contributed by atoms with Gasteiger partial charge in [0.05, 0.1) is 13.0 Å². The minimum atomic E-state index is -1.87. The lowest BCUT2D eigenvalue weighted by Gasteiger charge is -2.27. The van der Waals surface area contributed by atoms with Crippen LogP contribution in [-0.4, -0.2) is 35.2 Å². The van der Waals surface area contributed by atoms with Crippen LogP contribution in [0, 0.1) is 5.41 Å². The molecule has 0 rings (SSSR count). The summed E-state index contributed by atoms with van der Waals surface area (Å²) in [6.07, 6.45) is -0.0550. The molecule has 1 atom stereocenters. The Hall–Kier alpha value is -1.59. The summed E-state index contributed by atoms with van der Waals surface area (Å²) in [5, 5.41) is 9.39. The van der Waals surface area contributed by atoms with Gasteiger partial charge < -0.3 is 14.6 Å². The van der Waals surface area contributed by atoms with Crippen molar-refractivity contribution in [3.8, 4) is 0 Å². The molecule has 0 radical (unpaired) electrons. The van der Waals surface area contributed by atoms with Gasteiger partial charge in [-0.3, -0.25) is 14.4 Å². The topological polar surface area (TPSA) is 89.9 Å². The number of ether oxygens (including phenoxy) is 2. The molecular formula is C14H24O6. The summed E-state index contributed by atoms with van der Waals surface area (Å²) >= 11 is 0. The Morgan fingerprint density at radius 2 is 1.65 bits per heavy atom. The average molecular weight is 288 g/mol. The fourth-order valence-corrected chi connectivity index (χ4v) is 1.85. The number of carboxylic acid groups (broad SMARTS) is 1. The molecule has 0 aromatic heterocycles. The van der Waals surface area contributed by atoms with E-state index in [1.807, 2.05) is 0 Å². The van der Waals surface area contributed by atoms with Crippen molar-refractivity contribution in [1.82, 2.24) is 0 Å². The molecule has 116 valence electrons. The van der Waals surface area contributed by atoms with Crippen molar-refractivity contribution in [2.45, 2.75) is 59.5 Å². The summed E-state index contributed by atoms with van der Waals surface area (Å²) in [5.41, 5.74) is -2.60. The van der Waals surface area contributed by atoms with Gasteiger partial charge in [0.1, 0.15) is 5.60 Å². The van der Waals surface area contributed by atoms with E-state index >= 15 is 0 Å². The number of carboxylic acids is 1. The zero-order valence-corrected chi connectivity index (χ0v) is 12.8. The van der Waals surface area contributed by atoms with Gasteiger partial charge in [0.25, 0.3) is 0 Å². The first-order valence-electron chi connectivity index (χ1n) is 6.71. The molecule has 0 amide bonds. The van der Waals surface area contributed by atoms with Crippen molar-refractivity contribution in [2.75, 3.05) is 6.61 Å². The second-order valence-electron chi connectivity index (χ2n) is 5.62. The minimum Gasteiger partial charge on any atom is -0.480 e. The Morgan fingerprint density at radius 1 is 1.10 bits per heavy atom. The Labute approximate surface area is 119 Å². The van der Waals surface area contributed by atoms with Gasteiger partial charge in [0.2, 0.25) is 0 Å². The molecule has 0 aromatic carbocycles. The zero-order chi connectivity index (χ0) is 16.0. The lowest BCUT2D eigenvalue weighted by atomic mass is 9.80. The third kappa shape index (κ3) is 5.19. The van der Waals surface area contributed by atoms with Crippen molar-refractivity contribution in [1.29, 1.82) is 0 Å². The highest BCUT2D eigenvalue weighted by Gasteiger charge is 2.49. The van der Waals surface area contributed by atoms with E-state index in [1.165, 1.54) is 0 Å². The van der Waals surface area contributed by atoms with Gasteiger partial charge in [-0.15, -0.1) is 0 Å². The standard InChI is InChI=1S/C14H24O6/c1-6-8-14(11(16)17,12(18)19-7-2)9-10(15)20-13(3,4)5/h6-9H2,1-5H3,(H,16,17). The summed E-state index contributed by atoms with van der Waals surface area (Å²) in [7, 11) is 0. The Kier molecular flexibility index (Phi) is 6.68. The average Bonchev–Trinajstić information content (AvgIpc) is 2.25. The van der Waals surface area contributed by atoms with Gasteiger partial charge >= 0.3 is 17.9 Å². The van der Waals surface area contributed by atoms with Gasteiger partial charge in [0, 0.05) is 0 Å². The summed E-state index contributed by atoms with van der Waals surface area (Å²) < 4.78 is 9.93. The number of esters is 2. The third-order valence-electron chi connectivity index (χ3n) is 2.62. The van der Waals surface area contributed by atoms with E-state index in [4.69, 9.17) is 9.47 Å². The van der Waals surface area contributed by atoms with Crippen molar-refractivity contribution < 1.29 is 29.0 Å². The van der Waals surface area contributed by atoms with Gasteiger partial charge in [0.15, 0.2) is 5.41 Å². The monoisotopic (exact) mass is 288 g/mol. The van der Waals surface area contributed by atoms with Crippen LogP contribution in [0.15, 0.2) is 0 Å². The molecular weight excluding hydrogens is 264 g/mol. The smallest absolute Gasteiger partial charge is 0.324 e. The molecule has 6 heteroatoms. The van der Waals surface area contributed by atoms with E-state index in [1.54, 1.807) is 34.6 Å². The molecule has 0 heterocycles. The molecule has 0 aliphatic carbocycles. The molecule has 0 spiro atoms. The van der Waals surface area contributed by atoms with Gasteiger partial charge in [-0.25, -0.2) is 0 Å². The molecule has 0 saturated heterocycles. The van der Waals surface area contributed by atoms with Crippen LogP contribution in [0.3, 0.4) is 0 Å². The highest BCUT2D eigenvalue weighted by atomic mass is 16.6. The SMILES string of the molecule is CCCC(CC(=O)OC(C)(C)C)(C(=O)O)C(=O)OCC. The molecule has 0 aliphatic heterocycles. The summed E-state index contributed by atoms with van der Waals surface area (Å²) in [5.74, 6) is -2.97. The van der Waals surface area contributed by atoms with Crippen LogP contribution in [0.4, 0.5) is 0 Å². The van der Waals surface area contributed by atoms with E-state index in [0.717, 1.165) is 0 Å². The van der Waals surface area contributed by atoms with Crippen LogP contribution in [-0.2, 0) is 23.9 Å². The Balaban J connectivity index is 5.25. The predicted molar refractivity (Wildman–Crippen MR) is 72.1 cm³/mol. The second-order valence-corrected chi connectivity index (χ2v) is 5.62. The highest BCUT2D eigenvalue weighted by Crippen LogP contribution is 2.32. The van der Waals surface area contributed by atoms with Gasteiger partial charge in [-0.05, 0) is 34.1 Å². The number of rotatable bonds is 7. The second kappa shape index (κ2) is 7.26. The predicted octanol–water partition coefficient (Wildman–Crippen LogP) is 2.15. The summed E-state index contributed by atoms with van der Waals surface area (Å²) in [6.45, 7) is 8.43. The number of carbonyl (C=O) groups excluding carboxylic acids is 2. The molecule has 0 fully saturated rings. The largest absolute Gasteiger partial charge is 0.480 e. The highest BCUT2D eigenvalue weighted by molar-refractivity contribution is 6.02.